The Hall–Kier alpha value is -3.73. The van der Waals surface area contributed by atoms with E-state index in [1.807, 2.05) is 67.6 Å². The fourth-order valence-corrected chi connectivity index (χ4v) is 3.67. The summed E-state index contributed by atoms with van der Waals surface area (Å²) < 4.78 is 40.1. The van der Waals surface area contributed by atoms with E-state index in [2.05, 4.69) is 5.32 Å². The van der Waals surface area contributed by atoms with Crippen LogP contribution in [0.2, 0.25) is 0 Å². The number of aryl methyl sites for hydroxylation is 1. The maximum absolute atomic E-state index is 12.4. The summed E-state index contributed by atoms with van der Waals surface area (Å²) in [6.07, 6.45) is 1.28. The minimum atomic E-state index is -4.02. The highest BCUT2D eigenvalue weighted by Gasteiger charge is 2.22. The predicted octanol–water partition coefficient (Wildman–Crippen LogP) is 4.40. The van der Waals surface area contributed by atoms with Crippen molar-refractivity contribution < 1.29 is 32.0 Å². The predicted molar refractivity (Wildman–Crippen MR) is 144 cm³/mol. The zero-order chi connectivity index (χ0) is 27.8. The van der Waals surface area contributed by atoms with Crippen LogP contribution < -0.4 is 11.1 Å². The minimum absolute atomic E-state index is 0.0666. The van der Waals surface area contributed by atoms with Gasteiger partial charge in [0.2, 0.25) is 0 Å². The average Bonchev–Trinajstić information content (AvgIpc) is 2.91. The lowest BCUT2D eigenvalue weighted by atomic mass is 10.1. The lowest BCUT2D eigenvalue weighted by Crippen LogP contribution is -2.42. The van der Waals surface area contributed by atoms with Gasteiger partial charge in [-0.15, -0.1) is 0 Å². The topological polar surface area (TPSA) is 145 Å². The van der Waals surface area contributed by atoms with E-state index in [1.54, 1.807) is 12.1 Å². The zero-order valence-electron chi connectivity index (χ0n) is 21.3. The molecule has 1 amide bonds. The fourth-order valence-electron chi connectivity index (χ4n) is 3.19. The van der Waals surface area contributed by atoms with Crippen molar-refractivity contribution in [2.24, 2.45) is 5.73 Å². The molecule has 38 heavy (non-hydrogen) atoms. The van der Waals surface area contributed by atoms with Crippen molar-refractivity contribution in [2.75, 3.05) is 6.54 Å². The number of rotatable bonds is 11. The van der Waals surface area contributed by atoms with E-state index in [-0.39, 0.29) is 18.1 Å². The Labute approximate surface area is 223 Å². The summed E-state index contributed by atoms with van der Waals surface area (Å²) >= 11 is 0. The largest absolute Gasteiger partial charge is 0.459 e. The molecule has 0 spiro atoms. The Morgan fingerprint density at radius 3 is 1.87 bits per heavy atom. The van der Waals surface area contributed by atoms with Gasteiger partial charge in [-0.25, -0.2) is 9.59 Å². The normalized spacial score (nSPS) is 11.4. The van der Waals surface area contributed by atoms with Crippen LogP contribution in [0.4, 0.5) is 4.79 Å². The lowest BCUT2D eigenvalue weighted by Gasteiger charge is -2.17. The first-order valence-corrected chi connectivity index (χ1v) is 13.5. The molecule has 0 saturated carbocycles. The number of esters is 1. The molecule has 0 fully saturated rings. The van der Waals surface area contributed by atoms with Gasteiger partial charge in [-0.1, -0.05) is 78.4 Å². The molecule has 0 saturated heterocycles. The van der Waals surface area contributed by atoms with Gasteiger partial charge in [-0.3, -0.25) is 4.55 Å². The molecule has 0 aliphatic heterocycles. The molecule has 204 valence electrons. The van der Waals surface area contributed by atoms with E-state index in [1.165, 1.54) is 12.1 Å². The van der Waals surface area contributed by atoms with Crippen LogP contribution in [0.25, 0.3) is 0 Å². The summed E-state index contributed by atoms with van der Waals surface area (Å²) in [6.45, 7) is 2.67. The van der Waals surface area contributed by atoms with Gasteiger partial charge in [0, 0.05) is 0 Å². The number of amides is 1. The summed E-state index contributed by atoms with van der Waals surface area (Å²) in [5.74, 6) is -0.479. The van der Waals surface area contributed by atoms with Crippen molar-refractivity contribution in [1.29, 1.82) is 0 Å². The molecule has 0 radical (unpaired) electrons. The monoisotopic (exact) mass is 542 g/mol. The quantitative estimate of drug-likeness (QED) is 0.184. The molecule has 3 rings (SSSR count). The van der Waals surface area contributed by atoms with Gasteiger partial charge in [0.15, 0.2) is 0 Å². The molecule has 1 atom stereocenters. The summed E-state index contributed by atoms with van der Waals surface area (Å²) in [5.41, 5.74) is 8.23. The smallest absolute Gasteiger partial charge is 0.408 e. The minimum Gasteiger partial charge on any atom is -0.459 e. The number of carbonyl (C=O) groups excluding carboxylic acids is 2. The number of unbranched alkanes of at least 4 members (excludes halogenated alkanes) is 1. The maximum atomic E-state index is 12.4. The number of hydrogen-bond acceptors (Lipinski definition) is 7. The van der Waals surface area contributed by atoms with E-state index in [0.717, 1.165) is 23.1 Å². The molecule has 10 heteroatoms. The molecule has 4 N–H and O–H groups in total. The molecule has 0 aromatic heterocycles. The van der Waals surface area contributed by atoms with Crippen LogP contribution in [0.15, 0.2) is 89.8 Å². The molecular weight excluding hydrogens is 508 g/mol. The maximum Gasteiger partial charge on any atom is 0.408 e. The summed E-state index contributed by atoms with van der Waals surface area (Å²) in [7, 11) is -4.02. The Balaban J connectivity index is 0.000000384. The second-order valence-corrected chi connectivity index (χ2v) is 9.85. The highest BCUT2D eigenvalue weighted by molar-refractivity contribution is 7.85. The zero-order valence-corrected chi connectivity index (χ0v) is 22.1. The van der Waals surface area contributed by atoms with E-state index in [4.69, 9.17) is 19.8 Å². The van der Waals surface area contributed by atoms with Gasteiger partial charge in [-0.2, -0.15) is 8.42 Å². The molecule has 0 unspecified atom stereocenters. The molecule has 0 heterocycles. The molecule has 9 nitrogen and oxygen atoms in total. The molecule has 3 aromatic rings. The third kappa shape index (κ3) is 12.0. The van der Waals surface area contributed by atoms with Crippen LogP contribution in [-0.2, 0) is 37.6 Å². The highest BCUT2D eigenvalue weighted by Crippen LogP contribution is 2.09. The molecule has 0 bridgehead atoms. The molecular formula is C28H34N2O7S. The van der Waals surface area contributed by atoms with Crippen molar-refractivity contribution >= 4 is 22.2 Å². The van der Waals surface area contributed by atoms with Gasteiger partial charge >= 0.3 is 12.1 Å². The van der Waals surface area contributed by atoms with Crippen LogP contribution >= 0.6 is 0 Å². The summed E-state index contributed by atoms with van der Waals surface area (Å²) in [5, 5.41) is 2.61. The second-order valence-electron chi connectivity index (χ2n) is 8.42. The van der Waals surface area contributed by atoms with Crippen LogP contribution in [0.1, 0.15) is 36.0 Å². The van der Waals surface area contributed by atoms with Crippen LogP contribution in [0, 0.1) is 6.92 Å². The third-order valence-electron chi connectivity index (χ3n) is 5.28. The van der Waals surface area contributed by atoms with E-state index in [0.29, 0.717) is 19.4 Å². The van der Waals surface area contributed by atoms with Gasteiger partial charge in [-0.05, 0) is 56.0 Å². The summed E-state index contributed by atoms with van der Waals surface area (Å²) in [6, 6.07) is 24.0. The Morgan fingerprint density at radius 1 is 0.842 bits per heavy atom. The number of carbonyl (C=O) groups is 2. The van der Waals surface area contributed by atoms with Crippen LogP contribution in [0.5, 0.6) is 0 Å². The molecule has 0 aliphatic rings. The Morgan fingerprint density at radius 2 is 1.37 bits per heavy atom. The third-order valence-corrected chi connectivity index (χ3v) is 6.15. The van der Waals surface area contributed by atoms with Gasteiger partial charge < -0.3 is 20.5 Å². The van der Waals surface area contributed by atoms with Crippen molar-refractivity contribution in [3.05, 3.63) is 102 Å². The standard InChI is InChI=1S/C21H26N2O4.C7H8O3S/c22-14-8-7-13-19(20(24)26-15-17-9-3-1-4-10-17)23-21(25)27-16-18-11-5-2-6-12-18;1-6-2-4-7(5-3-6)11(8,9)10/h1-6,9-12,19H,7-8,13-16,22H2,(H,23,25);2-5H,1H3,(H,8,9,10)/t19-;/m0./s1. The van der Waals surface area contributed by atoms with Crippen molar-refractivity contribution in [3.8, 4) is 0 Å². The number of nitrogens with two attached hydrogens (primary N) is 1. The van der Waals surface area contributed by atoms with Gasteiger partial charge in [0.25, 0.3) is 10.1 Å². The first-order valence-electron chi connectivity index (χ1n) is 12.1. The van der Waals surface area contributed by atoms with Crippen LogP contribution in [-0.4, -0.2) is 37.6 Å². The highest BCUT2D eigenvalue weighted by atomic mass is 32.2. The fraction of sp³-hybridized carbons (Fsp3) is 0.286. The van der Waals surface area contributed by atoms with Gasteiger partial charge in [0.1, 0.15) is 19.3 Å². The second kappa shape index (κ2) is 16.2. The van der Waals surface area contributed by atoms with Gasteiger partial charge in [0.05, 0.1) is 4.90 Å². The molecule has 0 aliphatic carbocycles. The number of ether oxygens (including phenoxy) is 2. The lowest BCUT2D eigenvalue weighted by molar-refractivity contribution is -0.147. The Kier molecular flexibility index (Phi) is 13.0. The number of hydrogen-bond donors (Lipinski definition) is 3. The number of alkyl carbamates (subject to hydrolysis) is 1. The van der Waals surface area contributed by atoms with Crippen molar-refractivity contribution in [2.45, 2.75) is 50.3 Å². The molecule has 3 aromatic carbocycles. The Bertz CT molecular complexity index is 1220. The van der Waals surface area contributed by atoms with E-state index >= 15 is 0 Å². The number of nitrogens with one attached hydrogen (secondary N) is 1. The average molecular weight is 543 g/mol. The first-order chi connectivity index (χ1) is 18.2. The SMILES string of the molecule is Cc1ccc(S(=O)(=O)O)cc1.NCCCC[C@H](NC(=O)OCc1ccccc1)C(=O)OCc1ccccc1. The van der Waals surface area contributed by atoms with E-state index in [9.17, 15) is 18.0 Å². The first kappa shape index (κ1) is 30.5. The van der Waals surface area contributed by atoms with Crippen molar-refractivity contribution in [3.63, 3.8) is 0 Å². The van der Waals surface area contributed by atoms with Crippen molar-refractivity contribution in [1.82, 2.24) is 5.32 Å². The number of benzene rings is 3. The van der Waals surface area contributed by atoms with E-state index < -0.39 is 28.2 Å². The van der Waals surface area contributed by atoms with Crippen LogP contribution in [0.3, 0.4) is 0 Å². The summed E-state index contributed by atoms with van der Waals surface area (Å²) in [4.78, 5) is 24.4.